The molecule has 2 aliphatic rings. The predicted octanol–water partition coefficient (Wildman–Crippen LogP) is 1.20. The number of carbonyl (C=O) groups is 1. The van der Waals surface area contributed by atoms with Crippen LogP contribution in [0, 0.1) is 23.2 Å². The summed E-state index contributed by atoms with van der Waals surface area (Å²) in [5, 5.41) is 10.0. The molecule has 0 saturated heterocycles. The number of esters is 1. The van der Waals surface area contributed by atoms with Gasteiger partial charge in [0.2, 0.25) is 0 Å². The number of hydrogen-bond acceptors (Lipinski definition) is 3. The Morgan fingerprint density at radius 2 is 1.93 bits per heavy atom. The fraction of sp³-hybridized carbons (Fsp3) is 0.909. The van der Waals surface area contributed by atoms with E-state index in [2.05, 4.69) is 6.92 Å². The minimum atomic E-state index is -0.327. The third kappa shape index (κ3) is 1.11. The predicted molar refractivity (Wildman–Crippen MR) is 51.5 cm³/mol. The van der Waals surface area contributed by atoms with Gasteiger partial charge in [-0.3, -0.25) is 4.79 Å². The van der Waals surface area contributed by atoms with E-state index < -0.39 is 0 Å². The lowest BCUT2D eigenvalue weighted by Gasteiger charge is -2.33. The summed E-state index contributed by atoms with van der Waals surface area (Å²) < 4.78 is 5.32. The minimum Gasteiger partial charge on any atom is -0.462 e. The van der Waals surface area contributed by atoms with E-state index in [1.54, 1.807) is 0 Å². The summed E-state index contributed by atoms with van der Waals surface area (Å²) >= 11 is 0. The van der Waals surface area contributed by atoms with Gasteiger partial charge in [-0.2, -0.15) is 0 Å². The zero-order valence-electron chi connectivity index (χ0n) is 9.15. The van der Waals surface area contributed by atoms with Gasteiger partial charge in [0.1, 0.15) is 6.10 Å². The number of aliphatic hydroxyl groups excluding tert-OH is 1. The maximum Gasteiger partial charge on any atom is 0.302 e. The van der Waals surface area contributed by atoms with Crippen LogP contribution in [-0.2, 0) is 9.53 Å². The molecule has 2 fully saturated rings. The Morgan fingerprint density at radius 3 is 2.36 bits per heavy atom. The fourth-order valence-electron chi connectivity index (χ4n) is 3.07. The monoisotopic (exact) mass is 198 g/mol. The van der Waals surface area contributed by atoms with E-state index in [0.29, 0.717) is 17.8 Å². The Kier molecular flexibility index (Phi) is 1.94. The second-order valence-corrected chi connectivity index (χ2v) is 5.31. The Hall–Kier alpha value is -0.570. The highest BCUT2D eigenvalue weighted by molar-refractivity contribution is 5.66. The molecule has 3 heteroatoms. The van der Waals surface area contributed by atoms with E-state index in [-0.39, 0.29) is 23.6 Å². The maximum absolute atomic E-state index is 11.0. The van der Waals surface area contributed by atoms with Crippen LogP contribution >= 0.6 is 0 Å². The van der Waals surface area contributed by atoms with E-state index in [1.165, 1.54) is 6.92 Å². The van der Waals surface area contributed by atoms with Gasteiger partial charge in [0, 0.05) is 18.3 Å². The zero-order valence-corrected chi connectivity index (χ0v) is 9.15. The molecule has 2 aliphatic carbocycles. The number of fused-ring (bicyclic) bond motifs is 1. The normalized spacial score (nSPS) is 48.5. The molecular weight excluding hydrogens is 180 g/mol. The molecule has 0 spiro atoms. The number of aliphatic hydroxyl groups is 1. The largest absolute Gasteiger partial charge is 0.462 e. The van der Waals surface area contributed by atoms with Crippen molar-refractivity contribution in [1.82, 2.24) is 0 Å². The van der Waals surface area contributed by atoms with Crippen molar-refractivity contribution in [3.8, 4) is 0 Å². The Morgan fingerprint density at radius 1 is 1.36 bits per heavy atom. The van der Waals surface area contributed by atoms with Crippen LogP contribution in [0.15, 0.2) is 0 Å². The highest BCUT2D eigenvalue weighted by Crippen LogP contribution is 2.64. The number of ether oxygens (including phenoxy) is 1. The second-order valence-electron chi connectivity index (χ2n) is 5.31. The molecule has 0 aromatic rings. The number of hydrogen-bond donors (Lipinski definition) is 1. The summed E-state index contributed by atoms with van der Waals surface area (Å²) in [6.07, 6.45) is -0.429. The van der Waals surface area contributed by atoms with Crippen LogP contribution in [0.5, 0.6) is 0 Å². The SMILES string of the molecule is CC(=O)O[C@H]1[C@@H]2[C@H](C)[C@@H]2[C@@H](O)C1(C)C. The quantitative estimate of drug-likeness (QED) is 0.644. The summed E-state index contributed by atoms with van der Waals surface area (Å²) in [6, 6.07) is 0. The van der Waals surface area contributed by atoms with Crippen LogP contribution in [0.1, 0.15) is 27.7 Å². The molecule has 2 rings (SSSR count). The molecule has 1 N–H and O–H groups in total. The van der Waals surface area contributed by atoms with E-state index in [9.17, 15) is 9.90 Å². The van der Waals surface area contributed by atoms with Gasteiger partial charge in [-0.05, 0) is 11.8 Å². The van der Waals surface area contributed by atoms with Gasteiger partial charge >= 0.3 is 5.97 Å². The summed E-state index contributed by atoms with van der Waals surface area (Å²) in [7, 11) is 0. The molecule has 0 radical (unpaired) electrons. The fourth-order valence-corrected chi connectivity index (χ4v) is 3.07. The van der Waals surface area contributed by atoms with Crippen molar-refractivity contribution in [1.29, 1.82) is 0 Å². The molecule has 0 aliphatic heterocycles. The average molecular weight is 198 g/mol. The van der Waals surface area contributed by atoms with Crippen molar-refractivity contribution >= 4 is 5.97 Å². The molecule has 5 atom stereocenters. The second kappa shape index (κ2) is 2.72. The van der Waals surface area contributed by atoms with Gasteiger partial charge in [-0.1, -0.05) is 20.8 Å². The first-order valence-electron chi connectivity index (χ1n) is 5.22. The molecule has 3 nitrogen and oxygen atoms in total. The Labute approximate surface area is 84.4 Å². The molecule has 0 bridgehead atoms. The van der Waals surface area contributed by atoms with E-state index in [4.69, 9.17) is 4.74 Å². The van der Waals surface area contributed by atoms with Crippen molar-refractivity contribution in [2.24, 2.45) is 23.2 Å². The topological polar surface area (TPSA) is 46.5 Å². The highest BCUT2D eigenvalue weighted by Gasteiger charge is 2.69. The Bertz CT molecular complexity index is 272. The van der Waals surface area contributed by atoms with Gasteiger partial charge in [-0.15, -0.1) is 0 Å². The molecule has 2 saturated carbocycles. The summed E-state index contributed by atoms with van der Waals surface area (Å²) in [6.45, 7) is 7.50. The lowest BCUT2D eigenvalue weighted by molar-refractivity contribution is -0.156. The smallest absolute Gasteiger partial charge is 0.302 e. The van der Waals surface area contributed by atoms with Gasteiger partial charge in [-0.25, -0.2) is 0 Å². The van der Waals surface area contributed by atoms with Crippen LogP contribution in [0.3, 0.4) is 0 Å². The van der Waals surface area contributed by atoms with Gasteiger partial charge in [0.25, 0.3) is 0 Å². The minimum absolute atomic E-state index is 0.102. The molecular formula is C11H18O3. The van der Waals surface area contributed by atoms with Crippen molar-refractivity contribution in [2.75, 3.05) is 0 Å². The molecule has 0 aromatic heterocycles. The zero-order chi connectivity index (χ0) is 10.7. The molecule has 0 heterocycles. The number of carbonyl (C=O) groups excluding carboxylic acids is 1. The van der Waals surface area contributed by atoms with Gasteiger partial charge < -0.3 is 9.84 Å². The van der Waals surface area contributed by atoms with Crippen LogP contribution in [0.4, 0.5) is 0 Å². The molecule has 14 heavy (non-hydrogen) atoms. The first-order valence-corrected chi connectivity index (χ1v) is 5.22. The van der Waals surface area contributed by atoms with Crippen LogP contribution in [0.25, 0.3) is 0 Å². The van der Waals surface area contributed by atoms with E-state index in [1.807, 2.05) is 13.8 Å². The van der Waals surface area contributed by atoms with Gasteiger partial charge in [0.15, 0.2) is 0 Å². The summed E-state index contributed by atoms with van der Waals surface area (Å²) in [4.78, 5) is 11.0. The average Bonchev–Trinajstić information content (AvgIpc) is 2.64. The molecule has 80 valence electrons. The number of rotatable bonds is 1. The van der Waals surface area contributed by atoms with Crippen LogP contribution in [0.2, 0.25) is 0 Å². The standard InChI is InChI=1S/C11H18O3/c1-5-7-8(5)10(14-6(2)12)11(3,4)9(7)13/h5,7-10,13H,1-4H3/t5-,7+,8-,9-,10+/m1/s1. The van der Waals surface area contributed by atoms with E-state index >= 15 is 0 Å². The van der Waals surface area contributed by atoms with Crippen LogP contribution in [-0.4, -0.2) is 23.3 Å². The first-order chi connectivity index (χ1) is 6.37. The van der Waals surface area contributed by atoms with Crippen molar-refractivity contribution in [3.63, 3.8) is 0 Å². The molecule has 0 aromatic carbocycles. The third-order valence-corrected chi connectivity index (χ3v) is 4.02. The van der Waals surface area contributed by atoms with Crippen LogP contribution < -0.4 is 0 Å². The summed E-state index contributed by atoms with van der Waals surface area (Å²) in [5.41, 5.74) is -0.284. The third-order valence-electron chi connectivity index (χ3n) is 4.02. The molecule has 0 unspecified atom stereocenters. The van der Waals surface area contributed by atoms with Crippen molar-refractivity contribution < 1.29 is 14.6 Å². The van der Waals surface area contributed by atoms with Crippen molar-refractivity contribution in [3.05, 3.63) is 0 Å². The highest BCUT2D eigenvalue weighted by atomic mass is 16.5. The van der Waals surface area contributed by atoms with Gasteiger partial charge in [0.05, 0.1) is 6.10 Å². The summed E-state index contributed by atoms with van der Waals surface area (Å²) in [5.74, 6) is 0.982. The molecule has 0 amide bonds. The maximum atomic E-state index is 11.0. The lowest BCUT2D eigenvalue weighted by atomic mass is 9.81. The van der Waals surface area contributed by atoms with Crippen molar-refractivity contribution in [2.45, 2.75) is 39.9 Å². The lowest BCUT2D eigenvalue weighted by Crippen LogP contribution is -2.40. The van der Waals surface area contributed by atoms with E-state index in [0.717, 1.165) is 0 Å². The first kappa shape index (κ1) is 9.97. The Balaban J connectivity index is 2.18.